The first-order valence-corrected chi connectivity index (χ1v) is 13.6. The number of hydrogen-bond acceptors (Lipinski definition) is 6. The molecule has 1 fully saturated rings. The Labute approximate surface area is 239 Å². The average Bonchev–Trinajstić information content (AvgIpc) is 3.14. The number of nitrogens with one attached hydrogen (secondary N) is 2. The molecule has 210 valence electrons. The summed E-state index contributed by atoms with van der Waals surface area (Å²) in [6, 6.07) is 12.2. The molecule has 1 saturated carbocycles. The van der Waals surface area contributed by atoms with Crippen molar-refractivity contribution in [3.8, 4) is 0 Å². The van der Waals surface area contributed by atoms with Gasteiger partial charge in [0, 0.05) is 27.7 Å². The fourth-order valence-corrected chi connectivity index (χ4v) is 5.81. The van der Waals surface area contributed by atoms with Gasteiger partial charge >= 0.3 is 0 Å². The second-order valence-corrected chi connectivity index (χ2v) is 11.9. The topological polar surface area (TPSA) is 164 Å². The van der Waals surface area contributed by atoms with E-state index in [9.17, 15) is 9.59 Å². The van der Waals surface area contributed by atoms with Gasteiger partial charge in [-0.05, 0) is 72.9 Å². The van der Waals surface area contributed by atoms with Crippen LogP contribution in [-0.2, 0) is 11.3 Å². The third kappa shape index (κ3) is 7.16. The summed E-state index contributed by atoms with van der Waals surface area (Å²) < 4.78 is 0. The quantitative estimate of drug-likeness (QED) is 0.151. The van der Waals surface area contributed by atoms with Crippen molar-refractivity contribution in [1.29, 1.82) is 5.41 Å². The summed E-state index contributed by atoms with van der Waals surface area (Å²) in [5.74, 6) is 8.00. The highest BCUT2D eigenvalue weighted by atomic mass is 35.5. The summed E-state index contributed by atoms with van der Waals surface area (Å²) in [6.45, 7) is 7.17. The van der Waals surface area contributed by atoms with Crippen LogP contribution in [0.15, 0.2) is 47.5 Å². The zero-order valence-corrected chi connectivity index (χ0v) is 24.1. The summed E-state index contributed by atoms with van der Waals surface area (Å²) in [5.41, 5.74) is 7.27. The van der Waals surface area contributed by atoms with E-state index in [-0.39, 0.29) is 29.6 Å². The minimum atomic E-state index is -0.625. The third-order valence-corrected chi connectivity index (χ3v) is 7.85. The molecule has 0 saturated heterocycles. The van der Waals surface area contributed by atoms with E-state index in [0.29, 0.717) is 39.3 Å². The second kappa shape index (κ2) is 12.5. The summed E-state index contributed by atoms with van der Waals surface area (Å²) in [5, 5.41) is 10.8. The molecule has 1 aliphatic heterocycles. The Morgan fingerprint density at radius 3 is 2.18 bits per heavy atom. The van der Waals surface area contributed by atoms with Crippen LogP contribution < -0.4 is 22.7 Å². The van der Waals surface area contributed by atoms with Gasteiger partial charge in [0.2, 0.25) is 0 Å². The number of halogens is 2. The number of aliphatic imine (C=N–C) groups is 1. The van der Waals surface area contributed by atoms with E-state index in [2.05, 4.69) is 37.8 Å². The Morgan fingerprint density at radius 1 is 1.10 bits per heavy atom. The van der Waals surface area contributed by atoms with Gasteiger partial charge in [-0.2, -0.15) is 0 Å². The smallest absolute Gasteiger partial charge is 0.274 e. The predicted octanol–water partition coefficient (Wildman–Crippen LogP) is 4.24. The molecule has 9 nitrogen and oxygen atoms in total. The molecule has 2 amide bonds. The van der Waals surface area contributed by atoms with Crippen molar-refractivity contribution in [3.05, 3.63) is 69.2 Å². The first-order chi connectivity index (χ1) is 18.4. The fourth-order valence-electron chi connectivity index (χ4n) is 5.28. The number of amidine groups is 1. The molecule has 4 rings (SSSR count). The molecule has 1 spiro atoms. The number of amides is 2. The number of benzene rings is 2. The van der Waals surface area contributed by atoms with E-state index in [0.717, 1.165) is 31.2 Å². The third-order valence-electron chi connectivity index (χ3n) is 7.41. The number of hydrazine groups is 1. The number of hydrogen-bond donors (Lipinski definition) is 5. The number of nitrogens with two attached hydrogens (primary N) is 3. The maximum atomic E-state index is 13.8. The Kier molecular flexibility index (Phi) is 9.77. The van der Waals surface area contributed by atoms with Gasteiger partial charge in [-0.25, -0.2) is 0 Å². The van der Waals surface area contributed by atoms with Crippen LogP contribution in [0.25, 0.3) is 0 Å². The van der Waals surface area contributed by atoms with Crippen molar-refractivity contribution in [1.82, 2.24) is 10.2 Å². The van der Waals surface area contributed by atoms with E-state index in [1.165, 1.54) is 0 Å². The molecular formula is C28H37Cl2N7O2. The normalized spacial score (nSPS) is 20.8. The minimum absolute atomic E-state index is 0.00538. The largest absolute Gasteiger partial charge is 0.386 e. The van der Waals surface area contributed by atoms with E-state index >= 15 is 0 Å². The highest BCUT2D eigenvalue weighted by Gasteiger charge is 2.50. The number of carbonyl (C=O) groups is 2. The maximum absolute atomic E-state index is 13.8. The zero-order valence-electron chi connectivity index (χ0n) is 22.6. The Bertz CT molecular complexity index is 1230. The molecule has 0 unspecified atom stereocenters. The van der Waals surface area contributed by atoms with Gasteiger partial charge in [0.15, 0.2) is 0 Å². The maximum Gasteiger partial charge on any atom is 0.274 e. The van der Waals surface area contributed by atoms with Gasteiger partial charge in [-0.3, -0.25) is 31.7 Å². The molecule has 39 heavy (non-hydrogen) atoms. The molecule has 1 heterocycles. The summed E-state index contributed by atoms with van der Waals surface area (Å²) in [4.78, 5) is 33.1. The van der Waals surface area contributed by atoms with Gasteiger partial charge in [0.1, 0.15) is 17.2 Å². The van der Waals surface area contributed by atoms with E-state index in [1.807, 2.05) is 17.0 Å². The lowest BCUT2D eigenvalue weighted by Gasteiger charge is -2.44. The van der Waals surface area contributed by atoms with Crippen LogP contribution >= 0.6 is 23.2 Å². The molecule has 2 aliphatic rings. The Balaban J connectivity index is 0.00000205. The van der Waals surface area contributed by atoms with Crippen LogP contribution in [0.5, 0.6) is 0 Å². The molecule has 0 bridgehead atoms. The second-order valence-electron chi connectivity index (χ2n) is 11.0. The number of rotatable bonds is 6. The van der Waals surface area contributed by atoms with Crippen LogP contribution in [0.2, 0.25) is 10.0 Å². The van der Waals surface area contributed by atoms with Gasteiger partial charge in [-0.15, -0.1) is 0 Å². The van der Waals surface area contributed by atoms with E-state index < -0.39 is 5.66 Å². The summed E-state index contributed by atoms with van der Waals surface area (Å²) >= 11 is 12.5. The monoisotopic (exact) mass is 573 g/mol. The minimum Gasteiger partial charge on any atom is -0.386 e. The molecule has 2 aromatic carbocycles. The van der Waals surface area contributed by atoms with Crippen molar-refractivity contribution in [3.63, 3.8) is 0 Å². The first kappa shape index (κ1) is 30.6. The van der Waals surface area contributed by atoms with Crippen LogP contribution in [0.4, 0.5) is 0 Å². The SMILES string of the molecule is CC(C)(C)C1CCC2(CC1)N=C(c1cc(Cl)cc(Cl)c1)C(=O)N2Cc1ccc(C(=O)NCC(=N)N)cc1.NN. The molecule has 8 N–H and O–H groups in total. The van der Waals surface area contributed by atoms with Crippen molar-refractivity contribution >= 4 is 46.6 Å². The van der Waals surface area contributed by atoms with E-state index in [4.69, 9.17) is 39.3 Å². The highest BCUT2D eigenvalue weighted by molar-refractivity contribution is 6.47. The standard InChI is InChI=1S/C28H33Cl2N5O2.H4N2/c1-27(2,3)20-8-10-28(11-9-20)34-24(19-12-21(29)14-22(30)13-19)26(37)35(28)16-17-4-6-18(7-5-17)25(36)33-15-23(31)32;1-2/h4-7,12-14,20H,8-11,15-16H2,1-3H3,(H3,31,32)(H,33,36);1-2H2. The average molecular weight is 575 g/mol. The lowest BCUT2D eigenvalue weighted by molar-refractivity contribution is -0.130. The Morgan fingerprint density at radius 2 is 1.67 bits per heavy atom. The predicted molar refractivity (Wildman–Crippen MR) is 157 cm³/mol. The lowest BCUT2D eigenvalue weighted by Crippen LogP contribution is -2.49. The van der Waals surface area contributed by atoms with Crippen LogP contribution in [0.1, 0.15) is 67.9 Å². The molecule has 11 heteroatoms. The van der Waals surface area contributed by atoms with Gasteiger partial charge < -0.3 is 16.0 Å². The first-order valence-electron chi connectivity index (χ1n) is 12.8. The van der Waals surface area contributed by atoms with Crippen molar-refractivity contribution in [2.24, 2.45) is 33.7 Å². The molecule has 0 aromatic heterocycles. The molecule has 1 aliphatic carbocycles. The summed E-state index contributed by atoms with van der Waals surface area (Å²) in [7, 11) is 0. The number of carbonyl (C=O) groups excluding carboxylic acids is 2. The number of nitrogens with zero attached hydrogens (tertiary/aromatic N) is 2. The molecule has 2 aromatic rings. The molecule has 0 radical (unpaired) electrons. The molecule has 0 atom stereocenters. The lowest BCUT2D eigenvalue weighted by atomic mass is 9.69. The van der Waals surface area contributed by atoms with Crippen molar-refractivity contribution < 1.29 is 9.59 Å². The van der Waals surface area contributed by atoms with Gasteiger partial charge in [0.25, 0.3) is 11.8 Å². The highest BCUT2D eigenvalue weighted by Crippen LogP contribution is 2.47. The van der Waals surface area contributed by atoms with Gasteiger partial charge in [-0.1, -0.05) is 56.1 Å². The van der Waals surface area contributed by atoms with Crippen LogP contribution in [0, 0.1) is 16.7 Å². The van der Waals surface area contributed by atoms with Crippen LogP contribution in [-0.4, -0.2) is 40.5 Å². The zero-order chi connectivity index (χ0) is 29.0. The van der Waals surface area contributed by atoms with Gasteiger partial charge in [0.05, 0.1) is 6.54 Å². The van der Waals surface area contributed by atoms with E-state index in [1.54, 1.807) is 30.3 Å². The van der Waals surface area contributed by atoms with Crippen LogP contribution in [0.3, 0.4) is 0 Å². The van der Waals surface area contributed by atoms with Crippen molar-refractivity contribution in [2.75, 3.05) is 6.54 Å². The molecular weight excluding hydrogens is 537 g/mol. The van der Waals surface area contributed by atoms with Crippen molar-refractivity contribution in [2.45, 2.75) is 58.7 Å². The Hall–Kier alpha value is -2.98. The summed E-state index contributed by atoms with van der Waals surface area (Å²) in [6.07, 6.45) is 3.53. The fraction of sp³-hybridized carbons (Fsp3) is 0.429.